The molecule has 1 rings (SSSR count). The van der Waals surface area contributed by atoms with Crippen molar-refractivity contribution in [2.45, 2.75) is 25.3 Å². The molecule has 1 aromatic carbocycles. The number of aliphatic carboxylic acids is 1. The lowest BCUT2D eigenvalue weighted by Gasteiger charge is -2.11. The van der Waals surface area contributed by atoms with Gasteiger partial charge in [0.2, 0.25) is 0 Å². The first-order chi connectivity index (χ1) is 7.91. The lowest BCUT2D eigenvalue weighted by molar-refractivity contribution is -0.429. The molecule has 0 bridgehead atoms. The lowest BCUT2D eigenvalue weighted by Crippen LogP contribution is -2.54. The van der Waals surface area contributed by atoms with Gasteiger partial charge >= 0.3 is 0 Å². The lowest BCUT2D eigenvalue weighted by atomic mass is 10.0. The molecule has 0 heterocycles. The van der Waals surface area contributed by atoms with Gasteiger partial charge in [-0.2, -0.15) is 0 Å². The maximum atomic E-state index is 13.3. The Morgan fingerprint density at radius 2 is 1.82 bits per heavy atom. The van der Waals surface area contributed by atoms with E-state index in [1.54, 1.807) is 0 Å². The summed E-state index contributed by atoms with van der Waals surface area (Å²) in [4.78, 5) is 10.2. The largest absolute Gasteiger partial charge is 0.550 e. The minimum Gasteiger partial charge on any atom is -0.550 e. The predicted molar refractivity (Wildman–Crippen MR) is 50.8 cm³/mol. The normalized spacial score (nSPS) is 12.5. The minimum absolute atomic E-state index is 0.188. The van der Waals surface area contributed by atoms with Gasteiger partial charge in [0.25, 0.3) is 0 Å². The van der Waals surface area contributed by atoms with Gasteiger partial charge in [0.1, 0.15) is 23.5 Å². The molecule has 3 nitrogen and oxygen atoms in total. The molecular formula is C11H12F3NO2. The van der Waals surface area contributed by atoms with Gasteiger partial charge in [-0.15, -0.1) is 0 Å². The van der Waals surface area contributed by atoms with Crippen LogP contribution in [0.25, 0.3) is 0 Å². The third kappa shape index (κ3) is 3.74. The molecular weight excluding hydrogens is 235 g/mol. The van der Waals surface area contributed by atoms with Crippen molar-refractivity contribution >= 4 is 5.97 Å². The summed E-state index contributed by atoms with van der Waals surface area (Å²) in [6.07, 6.45) is 0.191. The van der Waals surface area contributed by atoms with Crippen molar-refractivity contribution in [1.29, 1.82) is 0 Å². The van der Waals surface area contributed by atoms with Crippen molar-refractivity contribution in [3.05, 3.63) is 35.1 Å². The van der Waals surface area contributed by atoms with E-state index in [4.69, 9.17) is 0 Å². The fourth-order valence-electron chi connectivity index (χ4n) is 1.58. The molecule has 0 spiro atoms. The number of halogens is 3. The number of carbonyl (C=O) groups is 1. The quantitative estimate of drug-likeness (QED) is 0.813. The highest BCUT2D eigenvalue weighted by atomic mass is 19.1. The van der Waals surface area contributed by atoms with Crippen molar-refractivity contribution in [1.82, 2.24) is 0 Å². The van der Waals surface area contributed by atoms with E-state index in [0.29, 0.717) is 12.1 Å². The van der Waals surface area contributed by atoms with E-state index in [0.717, 1.165) is 0 Å². The van der Waals surface area contributed by atoms with E-state index in [1.165, 1.54) is 0 Å². The van der Waals surface area contributed by atoms with Crippen LogP contribution in [0.15, 0.2) is 12.1 Å². The number of quaternary nitrogens is 1. The summed E-state index contributed by atoms with van der Waals surface area (Å²) in [6.45, 7) is 0. The molecule has 0 radical (unpaired) electrons. The van der Waals surface area contributed by atoms with Gasteiger partial charge in [-0.1, -0.05) is 0 Å². The monoisotopic (exact) mass is 247 g/mol. The summed E-state index contributed by atoms with van der Waals surface area (Å²) in [5, 5.41) is 10.2. The summed E-state index contributed by atoms with van der Waals surface area (Å²) in [6, 6.07) is 0.403. The van der Waals surface area contributed by atoms with Crippen LogP contribution in [0.1, 0.15) is 30.9 Å². The molecule has 0 aliphatic rings. The number of rotatable bonds is 5. The third-order valence-corrected chi connectivity index (χ3v) is 2.39. The fraction of sp³-hybridized carbons (Fsp3) is 0.364. The zero-order valence-electron chi connectivity index (χ0n) is 9.01. The standard InChI is InChI=1S/C11H12F3NO2/c12-6-4-7(13)11(8(14)5-6)9(15)2-1-3-10(16)17/h4-5,9H,1-3,15H2,(H,16,17)/t9-/m1/s1. The average Bonchev–Trinajstić information content (AvgIpc) is 2.14. The maximum absolute atomic E-state index is 13.3. The van der Waals surface area contributed by atoms with Crippen molar-refractivity contribution in [2.75, 3.05) is 0 Å². The van der Waals surface area contributed by atoms with E-state index < -0.39 is 29.5 Å². The summed E-state index contributed by atoms with van der Waals surface area (Å²) >= 11 is 0. The molecule has 0 unspecified atom stereocenters. The van der Waals surface area contributed by atoms with Gasteiger partial charge in [0, 0.05) is 24.5 Å². The Morgan fingerprint density at radius 1 is 1.29 bits per heavy atom. The molecule has 0 saturated heterocycles. The van der Waals surface area contributed by atoms with Crippen molar-refractivity contribution in [2.24, 2.45) is 0 Å². The highest BCUT2D eigenvalue weighted by molar-refractivity contribution is 5.64. The number of hydrogen-bond acceptors (Lipinski definition) is 2. The molecule has 0 amide bonds. The topological polar surface area (TPSA) is 67.8 Å². The van der Waals surface area contributed by atoms with Crippen LogP contribution in [-0.2, 0) is 4.79 Å². The van der Waals surface area contributed by atoms with Crippen LogP contribution in [0.5, 0.6) is 0 Å². The highest BCUT2D eigenvalue weighted by Crippen LogP contribution is 2.22. The van der Waals surface area contributed by atoms with Crippen molar-refractivity contribution in [3.8, 4) is 0 Å². The van der Waals surface area contributed by atoms with Gasteiger partial charge in [0.05, 0.1) is 5.56 Å². The van der Waals surface area contributed by atoms with E-state index in [9.17, 15) is 23.1 Å². The molecule has 1 atom stereocenters. The second-order valence-corrected chi connectivity index (χ2v) is 3.74. The molecule has 3 N–H and O–H groups in total. The van der Waals surface area contributed by atoms with Crippen LogP contribution in [0.3, 0.4) is 0 Å². The Morgan fingerprint density at radius 3 is 2.29 bits per heavy atom. The first-order valence-corrected chi connectivity index (χ1v) is 5.09. The number of carboxylic acids is 1. The first-order valence-electron chi connectivity index (χ1n) is 5.09. The first kappa shape index (κ1) is 13.5. The van der Waals surface area contributed by atoms with E-state index >= 15 is 0 Å². The number of carbonyl (C=O) groups excluding carboxylic acids is 1. The van der Waals surface area contributed by atoms with Gasteiger partial charge in [-0.3, -0.25) is 0 Å². The summed E-state index contributed by atoms with van der Waals surface area (Å²) in [5.41, 5.74) is 3.23. The molecule has 17 heavy (non-hydrogen) atoms. The van der Waals surface area contributed by atoms with E-state index in [-0.39, 0.29) is 24.8 Å². The summed E-state index contributed by atoms with van der Waals surface area (Å²) < 4.78 is 39.2. The fourth-order valence-corrected chi connectivity index (χ4v) is 1.58. The number of benzene rings is 1. The minimum atomic E-state index is -1.22. The predicted octanol–water partition coefficient (Wildman–Crippen LogP) is 0.307. The number of hydrogen-bond donors (Lipinski definition) is 1. The van der Waals surface area contributed by atoms with Gasteiger partial charge in [-0.05, 0) is 12.8 Å². The second-order valence-electron chi connectivity index (χ2n) is 3.74. The Bertz CT molecular complexity index is 400. The van der Waals surface area contributed by atoms with Gasteiger partial charge in [0.15, 0.2) is 0 Å². The third-order valence-electron chi connectivity index (χ3n) is 2.39. The van der Waals surface area contributed by atoms with E-state index in [1.807, 2.05) is 0 Å². The molecule has 94 valence electrons. The van der Waals surface area contributed by atoms with Gasteiger partial charge in [-0.25, -0.2) is 13.2 Å². The Balaban J connectivity index is 2.75. The van der Waals surface area contributed by atoms with E-state index in [2.05, 4.69) is 5.73 Å². The van der Waals surface area contributed by atoms with Crippen LogP contribution in [-0.4, -0.2) is 5.97 Å². The Labute approximate surface area is 96.0 Å². The zero-order valence-corrected chi connectivity index (χ0v) is 9.01. The molecule has 0 saturated carbocycles. The summed E-state index contributed by atoms with van der Waals surface area (Å²) in [7, 11) is 0. The highest BCUT2D eigenvalue weighted by Gasteiger charge is 2.20. The smallest absolute Gasteiger partial charge is 0.138 e. The molecule has 6 heteroatoms. The average molecular weight is 247 g/mol. The van der Waals surface area contributed by atoms with Crippen LogP contribution in [0.2, 0.25) is 0 Å². The van der Waals surface area contributed by atoms with Crippen molar-refractivity contribution < 1.29 is 28.8 Å². The SMILES string of the molecule is [NH3+][C@H](CCCC(=O)[O-])c1c(F)cc(F)cc1F. The van der Waals surface area contributed by atoms with Crippen LogP contribution >= 0.6 is 0 Å². The van der Waals surface area contributed by atoms with Crippen LogP contribution in [0, 0.1) is 17.5 Å². The maximum Gasteiger partial charge on any atom is 0.138 e. The molecule has 0 aliphatic carbocycles. The molecule has 0 fully saturated rings. The Hall–Kier alpha value is -1.56. The number of carboxylic acid groups (broad SMARTS) is 1. The molecule has 0 aromatic heterocycles. The zero-order chi connectivity index (χ0) is 13.0. The van der Waals surface area contributed by atoms with Gasteiger partial charge < -0.3 is 15.6 Å². The molecule has 1 aromatic rings. The van der Waals surface area contributed by atoms with Crippen molar-refractivity contribution in [3.63, 3.8) is 0 Å². The summed E-state index contributed by atoms with van der Waals surface area (Å²) in [5.74, 6) is -4.23. The van der Waals surface area contributed by atoms with Crippen LogP contribution in [0.4, 0.5) is 13.2 Å². The Kier molecular flexibility index (Phi) is 4.51. The van der Waals surface area contributed by atoms with Crippen LogP contribution < -0.4 is 10.8 Å². The molecule has 0 aliphatic heterocycles. The second kappa shape index (κ2) is 5.67.